The van der Waals surface area contributed by atoms with E-state index in [0.717, 1.165) is 214 Å². The van der Waals surface area contributed by atoms with Crippen LogP contribution in [0.4, 0.5) is 0 Å². The number of halogens is 8. The standard InChI is InChI=1S/C20H11Br3O.C20H12Br2O.2C20H13BrO.C19H11BrO/c1-10-6-13-11-4-2-3-5-12(11)14-7-18(22)19(23)9-16(14)20(24)15(13)8-17(10)21;1-11-8-16-14-5-3-2-4-13(14)15-7-6-12(21)9-17(15)20(23)18(16)10-19(11)22;1-12-6-8-17-18(10-12)15-5-3-2-4-14(15)16-9-7-13(21)11-19(16)20(17)22;1-12-6-8-16-18(10-12)14-4-2-3-5-15(14)19-11-13(21)7-9-17(19)20(16)22;20-17-11-5-10-16-18(17)14-8-3-1-6-12(14)13-7-2-4-9-15(13)19(16)21/h2-9H,1H3;2-10H,1H3;2*2-11H,1H3;1-11H. The Kier molecular flexibility index (Phi) is 21.7. The quantitative estimate of drug-likeness (QED) is 0.151. The summed E-state index contributed by atoms with van der Waals surface area (Å²) in [7, 11) is 0. The summed E-state index contributed by atoms with van der Waals surface area (Å²) in [6, 6.07) is 96.5. The minimum atomic E-state index is 0.0464. The highest BCUT2D eigenvalue weighted by molar-refractivity contribution is 9.13. The summed E-state index contributed by atoms with van der Waals surface area (Å²) in [4.78, 5) is 65.4. The largest absolute Gasteiger partial charge is 0.289 e. The van der Waals surface area contributed by atoms with E-state index in [1.807, 2.05) is 220 Å². The van der Waals surface area contributed by atoms with E-state index in [9.17, 15) is 24.0 Å². The Morgan fingerprint density at radius 3 is 0.786 bits per heavy atom. The predicted molar refractivity (Wildman–Crippen MR) is 507 cm³/mol. The van der Waals surface area contributed by atoms with Crippen molar-refractivity contribution >= 4 is 289 Å². The van der Waals surface area contributed by atoms with Crippen LogP contribution in [0.1, 0.15) is 22.3 Å². The SMILES string of the molecule is Cc1cc2c(cc1Br)c(=O)c1cc(Br)c(Br)cc1c1ccccc21.Cc1cc2c(cc1Br)c(=O)c1cc(Br)ccc1c1ccccc21.Cc1ccc2c(=O)c3cc(Br)ccc3c3ccccc3c2c1.Cc1ccc2c(=O)c3ccc(Br)cc3c3ccccc3c2c1.O=c1c2ccccc2c2ccccc2c2c(Br)cccc12. The predicted octanol–water partition coefficient (Wildman–Crippen LogP) is 29.9. The fourth-order valence-corrected chi connectivity index (χ4v) is 18.5. The van der Waals surface area contributed by atoms with Crippen LogP contribution in [0.2, 0.25) is 0 Å². The number of rotatable bonds is 0. The zero-order chi connectivity index (χ0) is 78.1. The van der Waals surface area contributed by atoms with E-state index in [1.54, 1.807) is 0 Å². The molecule has 20 aromatic carbocycles. The van der Waals surface area contributed by atoms with Crippen molar-refractivity contribution in [2.24, 2.45) is 0 Å². The monoisotopic (exact) mass is 1960 g/mol. The molecule has 0 aliphatic carbocycles. The molecule has 112 heavy (non-hydrogen) atoms. The average Bonchev–Trinajstić information content (AvgIpc) is 1.63. The van der Waals surface area contributed by atoms with Crippen LogP contribution in [0.25, 0.3) is 162 Å². The van der Waals surface area contributed by atoms with Gasteiger partial charge in [-0.1, -0.05) is 313 Å². The molecule has 13 heteroatoms. The van der Waals surface area contributed by atoms with Gasteiger partial charge in [-0.15, -0.1) is 0 Å². The molecule has 0 saturated heterocycles. The maximum absolute atomic E-state index is 13.3. The van der Waals surface area contributed by atoms with Crippen LogP contribution >= 0.6 is 127 Å². The van der Waals surface area contributed by atoms with Gasteiger partial charge in [-0.2, -0.15) is 0 Å². The molecule has 5 nitrogen and oxygen atoms in total. The van der Waals surface area contributed by atoms with Gasteiger partial charge in [0.05, 0.1) is 0 Å². The molecule has 0 spiro atoms. The Morgan fingerprint density at radius 2 is 0.384 bits per heavy atom. The molecule has 0 bridgehead atoms. The van der Waals surface area contributed by atoms with Crippen molar-refractivity contribution in [2.45, 2.75) is 27.7 Å². The summed E-state index contributed by atoms with van der Waals surface area (Å²) < 4.78 is 7.50. The van der Waals surface area contributed by atoms with E-state index in [4.69, 9.17) is 0 Å². The van der Waals surface area contributed by atoms with Crippen LogP contribution in [0, 0.1) is 27.7 Å². The van der Waals surface area contributed by atoms with Crippen molar-refractivity contribution in [2.75, 3.05) is 0 Å². The van der Waals surface area contributed by atoms with Gasteiger partial charge in [0, 0.05) is 95.0 Å². The van der Waals surface area contributed by atoms with E-state index >= 15 is 0 Å². The minimum absolute atomic E-state index is 0.0464. The molecule has 0 atom stereocenters. The molecule has 0 radical (unpaired) electrons. The number of hydrogen-bond acceptors (Lipinski definition) is 5. The number of aryl methyl sites for hydroxylation is 4. The Balaban J connectivity index is 0.000000106. The smallest absolute Gasteiger partial charge is 0.194 e. The highest BCUT2D eigenvalue weighted by Crippen LogP contribution is 2.39. The van der Waals surface area contributed by atoms with E-state index in [-0.39, 0.29) is 27.1 Å². The summed E-state index contributed by atoms with van der Waals surface area (Å²) in [5.74, 6) is 0. The Labute approximate surface area is 709 Å². The van der Waals surface area contributed by atoms with Crippen LogP contribution in [-0.2, 0) is 0 Å². The molecule has 0 saturated carbocycles. The molecule has 0 amide bonds. The third-order valence-corrected chi connectivity index (χ3v) is 26.5. The topological polar surface area (TPSA) is 85.3 Å². The molecule has 0 heterocycles. The number of fused-ring (bicyclic) bond motifs is 25. The van der Waals surface area contributed by atoms with Crippen molar-refractivity contribution < 1.29 is 0 Å². The van der Waals surface area contributed by atoms with E-state index in [0.29, 0.717) is 5.39 Å². The van der Waals surface area contributed by atoms with Crippen molar-refractivity contribution in [1.82, 2.24) is 0 Å². The van der Waals surface area contributed by atoms with Gasteiger partial charge in [0.2, 0.25) is 0 Å². The minimum Gasteiger partial charge on any atom is -0.289 e. The molecule has 0 N–H and O–H groups in total. The maximum Gasteiger partial charge on any atom is 0.194 e. The maximum atomic E-state index is 13.3. The fraction of sp³-hybridized carbons (Fsp3) is 0.0404. The lowest BCUT2D eigenvalue weighted by Crippen LogP contribution is -1.99. The third-order valence-electron chi connectivity index (χ3n) is 20.9. The molecule has 0 fully saturated rings. The Bertz CT molecular complexity index is 7620. The molecular formula is C99H60Br8O5. The number of hydrogen-bond donors (Lipinski definition) is 0. The van der Waals surface area contributed by atoms with Crippen molar-refractivity contribution in [1.29, 1.82) is 0 Å². The van der Waals surface area contributed by atoms with E-state index in [2.05, 4.69) is 226 Å². The Hall–Kier alpha value is -9.51. The van der Waals surface area contributed by atoms with Crippen molar-refractivity contribution in [3.8, 4) is 0 Å². The molecule has 0 unspecified atom stereocenters. The first-order chi connectivity index (χ1) is 54.1. The van der Waals surface area contributed by atoms with Gasteiger partial charge in [-0.05, 0) is 258 Å². The zero-order valence-electron chi connectivity index (χ0n) is 60.3. The fourth-order valence-electron chi connectivity index (χ4n) is 15.5. The molecule has 542 valence electrons. The first-order valence-electron chi connectivity index (χ1n) is 35.9. The summed E-state index contributed by atoms with van der Waals surface area (Å²) in [5.41, 5.74) is 4.93. The van der Waals surface area contributed by atoms with E-state index in [1.165, 1.54) is 0 Å². The number of benzene rings is 15. The Morgan fingerprint density at radius 1 is 0.161 bits per heavy atom. The summed E-state index contributed by atoms with van der Waals surface area (Å²) in [6.07, 6.45) is 0. The first kappa shape index (κ1) is 76.5. The molecule has 20 aromatic rings. The summed E-state index contributed by atoms with van der Waals surface area (Å²) in [6.45, 7) is 8.21. The van der Waals surface area contributed by atoms with Gasteiger partial charge in [-0.3, -0.25) is 24.0 Å². The summed E-state index contributed by atoms with van der Waals surface area (Å²) in [5, 5.41) is 28.5. The van der Waals surface area contributed by atoms with Gasteiger partial charge in [-0.25, -0.2) is 0 Å². The van der Waals surface area contributed by atoms with Gasteiger partial charge in [0.25, 0.3) is 0 Å². The average molecular weight is 1970 g/mol. The zero-order valence-corrected chi connectivity index (χ0v) is 73.0. The molecule has 0 aliphatic heterocycles. The molecule has 0 aliphatic rings. The van der Waals surface area contributed by atoms with Gasteiger partial charge in [0.1, 0.15) is 0 Å². The molecule has 20 rings (SSSR count). The first-order valence-corrected chi connectivity index (χ1v) is 42.2. The third kappa shape index (κ3) is 14.3. The van der Waals surface area contributed by atoms with Crippen LogP contribution in [-0.4, -0.2) is 0 Å². The molecule has 0 aromatic heterocycles. The van der Waals surface area contributed by atoms with Crippen LogP contribution in [0.3, 0.4) is 0 Å². The highest BCUT2D eigenvalue weighted by Gasteiger charge is 2.18. The van der Waals surface area contributed by atoms with Crippen LogP contribution in [0.15, 0.2) is 351 Å². The normalized spacial score (nSPS) is 11.4. The van der Waals surface area contributed by atoms with Crippen LogP contribution in [0.5, 0.6) is 0 Å². The second-order valence-electron chi connectivity index (χ2n) is 27.9. The van der Waals surface area contributed by atoms with Gasteiger partial charge >= 0.3 is 0 Å². The second kappa shape index (κ2) is 31.8. The lowest BCUT2D eigenvalue weighted by atomic mass is 10.0. The summed E-state index contributed by atoms with van der Waals surface area (Å²) >= 11 is 28.3. The van der Waals surface area contributed by atoms with Gasteiger partial charge in [0.15, 0.2) is 27.1 Å². The lowest BCUT2D eigenvalue weighted by Gasteiger charge is -2.02. The van der Waals surface area contributed by atoms with Crippen LogP contribution < -0.4 is 27.1 Å². The van der Waals surface area contributed by atoms with Gasteiger partial charge < -0.3 is 0 Å². The van der Waals surface area contributed by atoms with Crippen molar-refractivity contribution in [3.63, 3.8) is 0 Å². The lowest BCUT2D eigenvalue weighted by molar-refractivity contribution is 1.47. The second-order valence-corrected chi connectivity index (χ2v) is 34.9. The van der Waals surface area contributed by atoms with E-state index < -0.39 is 0 Å². The van der Waals surface area contributed by atoms with Crippen molar-refractivity contribution in [3.05, 3.63) is 400 Å². The molecular weight excluding hydrogens is 1910 g/mol. The highest BCUT2D eigenvalue weighted by atomic mass is 79.9.